The van der Waals surface area contributed by atoms with Crippen LogP contribution in [0.1, 0.15) is 44.0 Å². The normalized spacial score (nSPS) is 12.4. The lowest BCUT2D eigenvalue weighted by molar-refractivity contribution is 0.630. The molecule has 0 fully saturated rings. The number of hydrogen-bond acceptors (Lipinski definition) is 3. The third kappa shape index (κ3) is 3.56. The van der Waals surface area contributed by atoms with Crippen LogP contribution in [-0.4, -0.2) is 14.5 Å². The average molecular weight is 258 g/mol. The summed E-state index contributed by atoms with van der Waals surface area (Å²) >= 11 is 0. The van der Waals surface area contributed by atoms with Gasteiger partial charge in [-0.3, -0.25) is 4.98 Å². The van der Waals surface area contributed by atoms with Gasteiger partial charge >= 0.3 is 0 Å². The summed E-state index contributed by atoms with van der Waals surface area (Å²) < 4.78 is 2.20. The zero-order valence-electron chi connectivity index (χ0n) is 11.9. The molecular weight excluding hydrogens is 236 g/mol. The summed E-state index contributed by atoms with van der Waals surface area (Å²) in [4.78, 5) is 8.72. The summed E-state index contributed by atoms with van der Waals surface area (Å²) in [7, 11) is 0. The van der Waals surface area contributed by atoms with Crippen molar-refractivity contribution < 1.29 is 0 Å². The predicted molar refractivity (Wildman–Crippen MR) is 78.1 cm³/mol. The molecule has 0 saturated heterocycles. The fourth-order valence-electron chi connectivity index (χ4n) is 2.07. The summed E-state index contributed by atoms with van der Waals surface area (Å²) in [5, 5.41) is 3.47. The van der Waals surface area contributed by atoms with E-state index in [4.69, 9.17) is 0 Å². The molecule has 4 nitrogen and oxygen atoms in total. The Bertz CT molecular complexity index is 504. The van der Waals surface area contributed by atoms with E-state index in [-0.39, 0.29) is 6.04 Å². The lowest BCUT2D eigenvalue weighted by Crippen LogP contribution is -2.12. The van der Waals surface area contributed by atoms with Crippen LogP contribution in [0.25, 0.3) is 0 Å². The SMILES string of the molecule is CCCCn1cc(C)nc1NC(C)c1cccnc1. The molecule has 2 aromatic heterocycles. The van der Waals surface area contributed by atoms with E-state index in [0.29, 0.717) is 0 Å². The van der Waals surface area contributed by atoms with Gasteiger partial charge in [-0.15, -0.1) is 0 Å². The molecule has 0 aliphatic rings. The number of rotatable bonds is 6. The lowest BCUT2D eigenvalue weighted by atomic mass is 10.1. The van der Waals surface area contributed by atoms with Crippen molar-refractivity contribution in [2.45, 2.75) is 46.2 Å². The first-order chi connectivity index (χ1) is 9.20. The number of anilines is 1. The van der Waals surface area contributed by atoms with Gasteiger partial charge in [0, 0.05) is 25.1 Å². The van der Waals surface area contributed by atoms with Crippen molar-refractivity contribution in [3.05, 3.63) is 42.0 Å². The minimum Gasteiger partial charge on any atom is -0.349 e. The molecule has 2 heterocycles. The summed E-state index contributed by atoms with van der Waals surface area (Å²) in [6.45, 7) is 7.38. The highest BCUT2D eigenvalue weighted by Crippen LogP contribution is 2.18. The van der Waals surface area contributed by atoms with E-state index in [1.807, 2.05) is 19.2 Å². The van der Waals surface area contributed by atoms with Crippen LogP contribution < -0.4 is 5.32 Å². The van der Waals surface area contributed by atoms with Gasteiger partial charge in [0.05, 0.1) is 11.7 Å². The maximum absolute atomic E-state index is 4.56. The van der Waals surface area contributed by atoms with Gasteiger partial charge in [-0.1, -0.05) is 19.4 Å². The molecule has 0 saturated carbocycles. The maximum atomic E-state index is 4.56. The number of imidazole rings is 1. The van der Waals surface area contributed by atoms with Crippen molar-refractivity contribution in [2.24, 2.45) is 0 Å². The second-order valence-electron chi connectivity index (χ2n) is 4.91. The smallest absolute Gasteiger partial charge is 0.203 e. The van der Waals surface area contributed by atoms with Crippen LogP contribution >= 0.6 is 0 Å². The molecule has 0 amide bonds. The first-order valence-corrected chi connectivity index (χ1v) is 6.91. The standard InChI is InChI=1S/C15H22N4/c1-4-5-9-19-11-12(2)17-15(19)18-13(3)14-7-6-8-16-10-14/h6-8,10-11,13H,4-5,9H2,1-3H3,(H,17,18). The van der Waals surface area contributed by atoms with E-state index in [0.717, 1.165) is 18.2 Å². The van der Waals surface area contributed by atoms with Gasteiger partial charge in [-0.25, -0.2) is 4.98 Å². The van der Waals surface area contributed by atoms with Crippen molar-refractivity contribution in [2.75, 3.05) is 5.32 Å². The van der Waals surface area contributed by atoms with Gasteiger partial charge < -0.3 is 9.88 Å². The van der Waals surface area contributed by atoms with Gasteiger partial charge in [-0.2, -0.15) is 0 Å². The minimum absolute atomic E-state index is 0.205. The van der Waals surface area contributed by atoms with Crippen LogP contribution in [0.3, 0.4) is 0 Å². The van der Waals surface area contributed by atoms with E-state index in [2.05, 4.69) is 46.0 Å². The number of aryl methyl sites for hydroxylation is 2. The van der Waals surface area contributed by atoms with Crippen molar-refractivity contribution in [3.63, 3.8) is 0 Å². The molecule has 2 aromatic rings. The average Bonchev–Trinajstić information content (AvgIpc) is 2.77. The second kappa shape index (κ2) is 6.36. The highest BCUT2D eigenvalue weighted by atomic mass is 15.2. The molecule has 102 valence electrons. The molecule has 0 aliphatic carbocycles. The highest BCUT2D eigenvalue weighted by Gasteiger charge is 2.10. The zero-order valence-corrected chi connectivity index (χ0v) is 11.9. The first-order valence-electron chi connectivity index (χ1n) is 6.91. The molecule has 2 rings (SSSR count). The number of nitrogens with zero attached hydrogens (tertiary/aromatic N) is 3. The fraction of sp³-hybridized carbons (Fsp3) is 0.467. The molecule has 19 heavy (non-hydrogen) atoms. The molecule has 0 bridgehead atoms. The van der Waals surface area contributed by atoms with Crippen LogP contribution in [0, 0.1) is 6.92 Å². The number of unbranched alkanes of at least 4 members (excludes halogenated alkanes) is 1. The predicted octanol–water partition coefficient (Wildman–Crippen LogP) is 3.56. The zero-order chi connectivity index (χ0) is 13.7. The van der Waals surface area contributed by atoms with Gasteiger partial charge in [0.1, 0.15) is 0 Å². The topological polar surface area (TPSA) is 42.7 Å². The van der Waals surface area contributed by atoms with Crippen LogP contribution in [0.2, 0.25) is 0 Å². The van der Waals surface area contributed by atoms with Crippen LogP contribution in [0.4, 0.5) is 5.95 Å². The van der Waals surface area contributed by atoms with E-state index in [9.17, 15) is 0 Å². The van der Waals surface area contributed by atoms with Gasteiger partial charge in [0.2, 0.25) is 5.95 Å². The largest absolute Gasteiger partial charge is 0.349 e. The first kappa shape index (κ1) is 13.6. The van der Waals surface area contributed by atoms with E-state index in [1.54, 1.807) is 6.20 Å². The third-order valence-electron chi connectivity index (χ3n) is 3.18. The molecule has 0 spiro atoms. The lowest BCUT2D eigenvalue weighted by Gasteiger charge is -2.15. The Morgan fingerprint density at radius 1 is 1.42 bits per heavy atom. The van der Waals surface area contributed by atoms with Gasteiger partial charge in [-0.05, 0) is 31.9 Å². The maximum Gasteiger partial charge on any atom is 0.203 e. The highest BCUT2D eigenvalue weighted by molar-refractivity contribution is 5.33. The quantitative estimate of drug-likeness (QED) is 0.861. The van der Waals surface area contributed by atoms with Crippen LogP contribution in [0.5, 0.6) is 0 Å². The molecule has 0 aromatic carbocycles. The Morgan fingerprint density at radius 3 is 2.95 bits per heavy atom. The Kier molecular flexibility index (Phi) is 4.55. The second-order valence-corrected chi connectivity index (χ2v) is 4.91. The fourth-order valence-corrected chi connectivity index (χ4v) is 2.07. The third-order valence-corrected chi connectivity index (χ3v) is 3.18. The van der Waals surface area contributed by atoms with Crippen molar-refractivity contribution >= 4 is 5.95 Å². The number of aromatic nitrogens is 3. The van der Waals surface area contributed by atoms with Crippen LogP contribution in [-0.2, 0) is 6.54 Å². The molecule has 0 radical (unpaired) electrons. The minimum atomic E-state index is 0.205. The molecular formula is C15H22N4. The molecule has 4 heteroatoms. The summed E-state index contributed by atoms with van der Waals surface area (Å²) in [5.74, 6) is 0.947. The molecule has 0 aliphatic heterocycles. The van der Waals surface area contributed by atoms with Crippen LogP contribution in [0.15, 0.2) is 30.7 Å². The Hall–Kier alpha value is -1.84. The van der Waals surface area contributed by atoms with E-state index >= 15 is 0 Å². The number of hydrogen-bond donors (Lipinski definition) is 1. The number of pyridine rings is 1. The Morgan fingerprint density at radius 2 is 2.26 bits per heavy atom. The molecule has 1 N–H and O–H groups in total. The van der Waals surface area contributed by atoms with Crippen molar-refractivity contribution in [1.82, 2.24) is 14.5 Å². The van der Waals surface area contributed by atoms with Crippen molar-refractivity contribution in [1.29, 1.82) is 0 Å². The van der Waals surface area contributed by atoms with Gasteiger partial charge in [0.25, 0.3) is 0 Å². The number of nitrogens with one attached hydrogen (secondary N) is 1. The Labute approximate surface area is 114 Å². The van der Waals surface area contributed by atoms with E-state index in [1.165, 1.54) is 18.4 Å². The Balaban J connectivity index is 2.10. The summed E-state index contributed by atoms with van der Waals surface area (Å²) in [6, 6.07) is 4.25. The summed E-state index contributed by atoms with van der Waals surface area (Å²) in [6.07, 6.45) is 8.15. The van der Waals surface area contributed by atoms with Crippen molar-refractivity contribution in [3.8, 4) is 0 Å². The van der Waals surface area contributed by atoms with Gasteiger partial charge in [0.15, 0.2) is 0 Å². The molecule has 1 atom stereocenters. The summed E-state index contributed by atoms with van der Waals surface area (Å²) in [5.41, 5.74) is 2.22. The molecule has 1 unspecified atom stereocenters. The van der Waals surface area contributed by atoms with E-state index < -0.39 is 0 Å². The monoisotopic (exact) mass is 258 g/mol.